The summed E-state index contributed by atoms with van der Waals surface area (Å²) >= 11 is 0. The summed E-state index contributed by atoms with van der Waals surface area (Å²) in [5.74, 6) is -1.25. The number of carbonyl (C=O) groups is 1. The molecular formula is C8H10N4O5. The van der Waals surface area contributed by atoms with Crippen molar-refractivity contribution in [3.8, 4) is 0 Å². The lowest BCUT2D eigenvalue weighted by Gasteiger charge is -2.04. The first-order valence-electron chi connectivity index (χ1n) is 4.37. The molecule has 2 aromatic heterocycles. The van der Waals surface area contributed by atoms with E-state index in [0.29, 0.717) is 4.57 Å². The van der Waals surface area contributed by atoms with E-state index in [1.54, 1.807) is 0 Å². The summed E-state index contributed by atoms with van der Waals surface area (Å²) in [5.41, 5.74) is -1.06. The van der Waals surface area contributed by atoms with E-state index in [0.717, 1.165) is 4.57 Å². The highest BCUT2D eigenvalue weighted by Gasteiger charge is 2.14. The van der Waals surface area contributed by atoms with Crippen LogP contribution in [0.4, 0.5) is 0 Å². The van der Waals surface area contributed by atoms with Gasteiger partial charge < -0.3 is 15.6 Å². The summed E-state index contributed by atoms with van der Waals surface area (Å²) in [6, 6.07) is 0. The fourth-order valence-electron chi connectivity index (χ4n) is 1.47. The molecule has 2 aromatic rings. The Hall–Kier alpha value is -2.42. The lowest BCUT2D eigenvalue weighted by molar-refractivity contribution is -0.137. The Labute approximate surface area is 93.3 Å². The third-order valence-corrected chi connectivity index (χ3v) is 2.21. The standard InChI is InChI=1S/C8H8N4O4.H2O/c1-11-6-5(9-3-10-6)7(15)12(8(11)16)2-4(13)14;/h3H,2H2,1H3,(H,9,10)(H,13,14);1H2. The Bertz CT molecular complexity index is 679. The number of carboxylic acids is 1. The molecule has 0 atom stereocenters. The molecule has 92 valence electrons. The second-order valence-electron chi connectivity index (χ2n) is 3.23. The molecule has 0 aliphatic rings. The van der Waals surface area contributed by atoms with Crippen LogP contribution in [0.1, 0.15) is 0 Å². The minimum absolute atomic E-state index is 0. The first-order chi connectivity index (χ1) is 7.52. The van der Waals surface area contributed by atoms with Crippen molar-refractivity contribution in [2.24, 2.45) is 7.05 Å². The van der Waals surface area contributed by atoms with E-state index in [9.17, 15) is 14.4 Å². The van der Waals surface area contributed by atoms with Crippen LogP contribution in [0, 0.1) is 0 Å². The van der Waals surface area contributed by atoms with E-state index in [-0.39, 0.29) is 16.6 Å². The molecule has 0 unspecified atom stereocenters. The highest BCUT2D eigenvalue weighted by atomic mass is 16.4. The normalized spacial score (nSPS) is 10.2. The smallest absolute Gasteiger partial charge is 0.333 e. The zero-order valence-corrected chi connectivity index (χ0v) is 8.80. The summed E-state index contributed by atoms with van der Waals surface area (Å²) in [4.78, 5) is 40.3. The zero-order chi connectivity index (χ0) is 11.9. The predicted molar refractivity (Wildman–Crippen MR) is 56.8 cm³/mol. The number of nitrogens with zero attached hydrogens (tertiary/aromatic N) is 3. The van der Waals surface area contributed by atoms with Crippen molar-refractivity contribution < 1.29 is 15.4 Å². The Balaban J connectivity index is 0.00000144. The summed E-state index contributed by atoms with van der Waals surface area (Å²) in [7, 11) is 1.42. The number of aliphatic carboxylic acids is 1. The molecular weight excluding hydrogens is 232 g/mol. The van der Waals surface area contributed by atoms with E-state index in [1.165, 1.54) is 13.4 Å². The number of aromatic nitrogens is 4. The maximum absolute atomic E-state index is 11.7. The van der Waals surface area contributed by atoms with E-state index in [2.05, 4.69) is 9.97 Å². The third-order valence-electron chi connectivity index (χ3n) is 2.21. The van der Waals surface area contributed by atoms with Gasteiger partial charge in [-0.3, -0.25) is 14.2 Å². The van der Waals surface area contributed by atoms with Gasteiger partial charge in [-0.1, -0.05) is 0 Å². The molecule has 0 radical (unpaired) electrons. The van der Waals surface area contributed by atoms with Crippen LogP contribution in [-0.4, -0.2) is 35.7 Å². The van der Waals surface area contributed by atoms with E-state index in [4.69, 9.17) is 5.11 Å². The summed E-state index contributed by atoms with van der Waals surface area (Å²) in [6.45, 7) is -0.666. The van der Waals surface area contributed by atoms with Crippen LogP contribution in [0.2, 0.25) is 0 Å². The number of hydrogen-bond donors (Lipinski definition) is 2. The van der Waals surface area contributed by atoms with Crippen LogP contribution in [-0.2, 0) is 18.4 Å². The highest BCUT2D eigenvalue weighted by molar-refractivity contribution is 5.70. The molecule has 17 heavy (non-hydrogen) atoms. The third kappa shape index (κ3) is 1.83. The lowest BCUT2D eigenvalue weighted by atomic mass is 10.5. The van der Waals surface area contributed by atoms with E-state index in [1.807, 2.05) is 0 Å². The molecule has 0 amide bonds. The molecule has 0 spiro atoms. The van der Waals surface area contributed by atoms with E-state index < -0.39 is 23.8 Å². The number of fused-ring (bicyclic) bond motifs is 1. The number of hydrogen-bond acceptors (Lipinski definition) is 4. The molecule has 9 heteroatoms. The van der Waals surface area contributed by atoms with Crippen molar-refractivity contribution in [1.29, 1.82) is 0 Å². The van der Waals surface area contributed by atoms with Gasteiger partial charge in [-0.2, -0.15) is 0 Å². The number of carboxylic acid groups (broad SMARTS) is 1. The van der Waals surface area contributed by atoms with Crippen LogP contribution in [0.15, 0.2) is 15.9 Å². The molecule has 0 aliphatic carbocycles. The molecule has 2 heterocycles. The van der Waals surface area contributed by atoms with Crippen molar-refractivity contribution >= 4 is 17.1 Å². The van der Waals surface area contributed by atoms with Crippen LogP contribution >= 0.6 is 0 Å². The van der Waals surface area contributed by atoms with Crippen molar-refractivity contribution in [3.05, 3.63) is 27.2 Å². The van der Waals surface area contributed by atoms with Crippen molar-refractivity contribution in [2.75, 3.05) is 0 Å². The minimum Gasteiger partial charge on any atom is -0.480 e. The number of imidazole rings is 1. The fourth-order valence-corrected chi connectivity index (χ4v) is 1.47. The SMILES string of the molecule is Cn1c(=O)n(CC(=O)O)c(=O)c2[nH]cnc21.O. The Morgan fingerprint density at radius 2 is 2.18 bits per heavy atom. The molecule has 0 bridgehead atoms. The summed E-state index contributed by atoms with van der Waals surface area (Å²) in [5, 5.41) is 8.60. The number of aryl methyl sites for hydroxylation is 1. The molecule has 9 nitrogen and oxygen atoms in total. The minimum atomic E-state index is -1.25. The molecule has 0 saturated carbocycles. The van der Waals surface area contributed by atoms with Crippen LogP contribution in [0.25, 0.3) is 11.2 Å². The van der Waals surface area contributed by atoms with Crippen LogP contribution in [0.3, 0.4) is 0 Å². The van der Waals surface area contributed by atoms with Gasteiger partial charge in [-0.05, 0) is 0 Å². The Morgan fingerprint density at radius 3 is 2.76 bits per heavy atom. The van der Waals surface area contributed by atoms with Gasteiger partial charge in [0.05, 0.1) is 6.33 Å². The molecule has 0 aliphatic heterocycles. The van der Waals surface area contributed by atoms with Crippen LogP contribution < -0.4 is 11.2 Å². The fraction of sp³-hybridized carbons (Fsp3) is 0.250. The topological polar surface area (TPSA) is 141 Å². The zero-order valence-electron chi connectivity index (χ0n) is 8.80. The predicted octanol–water partition coefficient (Wildman–Crippen LogP) is -2.32. The second-order valence-corrected chi connectivity index (χ2v) is 3.23. The van der Waals surface area contributed by atoms with Crippen LogP contribution in [0.5, 0.6) is 0 Å². The number of nitrogens with one attached hydrogen (secondary N) is 1. The maximum atomic E-state index is 11.7. The second kappa shape index (κ2) is 4.22. The first-order valence-corrected chi connectivity index (χ1v) is 4.37. The van der Waals surface area contributed by atoms with Gasteiger partial charge in [0.25, 0.3) is 5.56 Å². The highest BCUT2D eigenvalue weighted by Crippen LogP contribution is 1.98. The van der Waals surface area contributed by atoms with Crippen molar-refractivity contribution in [1.82, 2.24) is 19.1 Å². The van der Waals surface area contributed by atoms with Gasteiger partial charge in [-0.25, -0.2) is 14.3 Å². The molecule has 0 fully saturated rings. The summed E-state index contributed by atoms with van der Waals surface area (Å²) in [6.07, 6.45) is 1.27. The first kappa shape index (κ1) is 12.6. The van der Waals surface area contributed by atoms with E-state index >= 15 is 0 Å². The lowest BCUT2D eigenvalue weighted by Crippen LogP contribution is -2.40. The average Bonchev–Trinajstić information content (AvgIpc) is 2.70. The number of aromatic amines is 1. The van der Waals surface area contributed by atoms with Gasteiger partial charge in [0.1, 0.15) is 12.1 Å². The average molecular weight is 242 g/mol. The molecule has 0 saturated heterocycles. The maximum Gasteiger partial charge on any atom is 0.333 e. The number of H-pyrrole nitrogens is 1. The largest absolute Gasteiger partial charge is 0.480 e. The van der Waals surface area contributed by atoms with Crippen molar-refractivity contribution in [2.45, 2.75) is 6.54 Å². The Morgan fingerprint density at radius 1 is 1.53 bits per heavy atom. The van der Waals surface area contributed by atoms with Gasteiger partial charge in [0.15, 0.2) is 5.65 Å². The van der Waals surface area contributed by atoms with Crippen molar-refractivity contribution in [3.63, 3.8) is 0 Å². The monoisotopic (exact) mass is 242 g/mol. The number of rotatable bonds is 2. The van der Waals surface area contributed by atoms with Gasteiger partial charge in [-0.15, -0.1) is 0 Å². The quantitative estimate of drug-likeness (QED) is 0.608. The summed E-state index contributed by atoms with van der Waals surface area (Å²) < 4.78 is 1.76. The Kier molecular flexibility index (Phi) is 3.14. The van der Waals surface area contributed by atoms with Gasteiger partial charge in [0, 0.05) is 7.05 Å². The molecule has 4 N–H and O–H groups in total. The van der Waals surface area contributed by atoms with Gasteiger partial charge in [0.2, 0.25) is 0 Å². The van der Waals surface area contributed by atoms with Gasteiger partial charge >= 0.3 is 11.7 Å². The molecule has 2 rings (SSSR count). The molecule has 0 aromatic carbocycles.